The van der Waals surface area contributed by atoms with E-state index in [-0.39, 0.29) is 6.10 Å². The Morgan fingerprint density at radius 1 is 1.29 bits per heavy atom. The van der Waals surface area contributed by atoms with Crippen LogP contribution in [-0.2, 0) is 4.74 Å². The lowest BCUT2D eigenvalue weighted by molar-refractivity contribution is 0.0378. The van der Waals surface area contributed by atoms with Gasteiger partial charge in [-0.25, -0.2) is 4.79 Å². The number of rotatable bonds is 2. The summed E-state index contributed by atoms with van der Waals surface area (Å²) in [6.07, 6.45) is -0.142. The minimum absolute atomic E-state index is 0.142. The highest BCUT2D eigenvalue weighted by molar-refractivity contribution is 6.42. The predicted molar refractivity (Wildman–Crippen MR) is 57.0 cm³/mol. The molecular weight excluding hydrogens is 223 g/mol. The summed E-state index contributed by atoms with van der Waals surface area (Å²) < 4.78 is 4.99. The van der Waals surface area contributed by atoms with Crippen molar-refractivity contribution in [3.63, 3.8) is 0 Å². The molecule has 0 aliphatic heterocycles. The standard InChI is InChI=1S/C10H10Cl2O2/c1-6(2)14-10(13)7-3-4-8(11)9(12)5-7/h3-6H,1-2H3. The van der Waals surface area contributed by atoms with E-state index < -0.39 is 5.97 Å². The van der Waals surface area contributed by atoms with Crippen LogP contribution in [0.3, 0.4) is 0 Å². The summed E-state index contributed by atoms with van der Waals surface area (Å²) in [5.74, 6) is -0.390. The van der Waals surface area contributed by atoms with Gasteiger partial charge in [0.1, 0.15) is 0 Å². The van der Waals surface area contributed by atoms with Crippen LogP contribution in [0.5, 0.6) is 0 Å². The third-order valence-electron chi connectivity index (χ3n) is 1.50. The Morgan fingerprint density at radius 2 is 1.93 bits per heavy atom. The number of halogens is 2. The van der Waals surface area contributed by atoms with Crippen LogP contribution < -0.4 is 0 Å². The summed E-state index contributed by atoms with van der Waals surface area (Å²) in [5.41, 5.74) is 0.410. The van der Waals surface area contributed by atoms with E-state index in [9.17, 15) is 4.79 Å². The third kappa shape index (κ3) is 2.89. The molecule has 0 bridgehead atoms. The van der Waals surface area contributed by atoms with E-state index in [1.807, 2.05) is 0 Å². The smallest absolute Gasteiger partial charge is 0.338 e. The number of esters is 1. The van der Waals surface area contributed by atoms with Gasteiger partial charge in [0.25, 0.3) is 0 Å². The second kappa shape index (κ2) is 4.67. The van der Waals surface area contributed by atoms with Crippen LogP contribution in [0.4, 0.5) is 0 Å². The van der Waals surface area contributed by atoms with Crippen LogP contribution in [0.15, 0.2) is 18.2 Å². The first-order valence-corrected chi connectivity index (χ1v) is 4.92. The van der Waals surface area contributed by atoms with Crippen LogP contribution in [0.1, 0.15) is 24.2 Å². The zero-order valence-electron chi connectivity index (χ0n) is 7.88. The number of hydrogen-bond donors (Lipinski definition) is 0. The molecule has 0 fully saturated rings. The highest BCUT2D eigenvalue weighted by Crippen LogP contribution is 2.23. The SMILES string of the molecule is CC(C)OC(=O)c1ccc(Cl)c(Cl)c1. The van der Waals surface area contributed by atoms with Crippen LogP contribution in [0, 0.1) is 0 Å². The molecule has 0 spiro atoms. The summed E-state index contributed by atoms with van der Waals surface area (Å²) in [4.78, 5) is 11.4. The molecule has 0 N–H and O–H groups in total. The molecule has 1 aromatic carbocycles. The van der Waals surface area contributed by atoms with Gasteiger partial charge in [-0.1, -0.05) is 23.2 Å². The van der Waals surface area contributed by atoms with E-state index in [2.05, 4.69) is 0 Å². The second-order valence-corrected chi connectivity index (χ2v) is 3.90. The second-order valence-electron chi connectivity index (χ2n) is 3.08. The maximum Gasteiger partial charge on any atom is 0.338 e. The Bertz CT molecular complexity index is 348. The lowest BCUT2D eigenvalue weighted by Gasteiger charge is -2.07. The van der Waals surface area contributed by atoms with Crippen LogP contribution >= 0.6 is 23.2 Å². The van der Waals surface area contributed by atoms with Crippen molar-refractivity contribution in [2.75, 3.05) is 0 Å². The first-order valence-electron chi connectivity index (χ1n) is 4.16. The van der Waals surface area contributed by atoms with Gasteiger partial charge in [-0.15, -0.1) is 0 Å². The Kier molecular flexibility index (Phi) is 3.78. The highest BCUT2D eigenvalue weighted by Gasteiger charge is 2.10. The molecule has 0 aliphatic rings. The van der Waals surface area contributed by atoms with E-state index in [0.717, 1.165) is 0 Å². The quantitative estimate of drug-likeness (QED) is 0.730. The summed E-state index contributed by atoms with van der Waals surface area (Å²) in [5, 5.41) is 0.776. The minimum Gasteiger partial charge on any atom is -0.459 e. The molecule has 14 heavy (non-hydrogen) atoms. The maximum absolute atomic E-state index is 11.4. The predicted octanol–water partition coefficient (Wildman–Crippen LogP) is 3.56. The van der Waals surface area contributed by atoms with Gasteiger partial charge < -0.3 is 4.74 Å². The summed E-state index contributed by atoms with van der Waals surface area (Å²) in [7, 11) is 0. The van der Waals surface area contributed by atoms with Gasteiger partial charge in [-0.2, -0.15) is 0 Å². The Labute approximate surface area is 92.8 Å². The van der Waals surface area contributed by atoms with Crippen molar-refractivity contribution in [2.45, 2.75) is 20.0 Å². The normalized spacial score (nSPS) is 10.4. The largest absolute Gasteiger partial charge is 0.459 e. The molecular formula is C10H10Cl2O2. The molecule has 0 heterocycles. The number of benzene rings is 1. The van der Waals surface area contributed by atoms with Gasteiger partial charge in [-0.05, 0) is 32.0 Å². The molecule has 0 atom stereocenters. The van der Waals surface area contributed by atoms with E-state index in [4.69, 9.17) is 27.9 Å². The van der Waals surface area contributed by atoms with Gasteiger partial charge in [0, 0.05) is 0 Å². The van der Waals surface area contributed by atoms with Gasteiger partial charge in [0.2, 0.25) is 0 Å². The molecule has 4 heteroatoms. The summed E-state index contributed by atoms with van der Waals surface area (Å²) >= 11 is 11.5. The van der Waals surface area contributed by atoms with E-state index in [1.165, 1.54) is 6.07 Å². The molecule has 76 valence electrons. The molecule has 0 amide bonds. The van der Waals surface area contributed by atoms with Crippen molar-refractivity contribution < 1.29 is 9.53 Å². The lowest BCUT2D eigenvalue weighted by atomic mass is 10.2. The number of hydrogen-bond acceptors (Lipinski definition) is 2. The van der Waals surface area contributed by atoms with E-state index in [0.29, 0.717) is 15.6 Å². The molecule has 0 saturated carbocycles. The summed E-state index contributed by atoms with van der Waals surface area (Å²) in [6.45, 7) is 3.57. The van der Waals surface area contributed by atoms with Crippen molar-refractivity contribution in [2.24, 2.45) is 0 Å². The molecule has 0 aliphatic carbocycles. The Balaban J connectivity index is 2.86. The molecule has 0 unspecified atom stereocenters. The van der Waals surface area contributed by atoms with E-state index in [1.54, 1.807) is 26.0 Å². The fraction of sp³-hybridized carbons (Fsp3) is 0.300. The van der Waals surface area contributed by atoms with Crippen molar-refractivity contribution in [1.29, 1.82) is 0 Å². The van der Waals surface area contributed by atoms with Crippen molar-refractivity contribution in [3.05, 3.63) is 33.8 Å². The first kappa shape index (κ1) is 11.3. The maximum atomic E-state index is 11.4. The fourth-order valence-corrected chi connectivity index (χ4v) is 1.20. The molecule has 0 saturated heterocycles. The molecule has 2 nitrogen and oxygen atoms in total. The monoisotopic (exact) mass is 232 g/mol. The Morgan fingerprint density at radius 3 is 2.43 bits per heavy atom. The average molecular weight is 233 g/mol. The number of carbonyl (C=O) groups excluding carboxylic acids is 1. The van der Waals surface area contributed by atoms with Crippen LogP contribution in [-0.4, -0.2) is 12.1 Å². The van der Waals surface area contributed by atoms with Gasteiger partial charge in [-0.3, -0.25) is 0 Å². The van der Waals surface area contributed by atoms with Crippen LogP contribution in [0.2, 0.25) is 10.0 Å². The first-order chi connectivity index (χ1) is 6.50. The molecule has 1 aromatic rings. The van der Waals surface area contributed by atoms with Crippen LogP contribution in [0.25, 0.3) is 0 Å². The molecule has 1 rings (SSSR count). The number of ether oxygens (including phenoxy) is 1. The van der Waals surface area contributed by atoms with Gasteiger partial charge in [0.05, 0.1) is 21.7 Å². The fourth-order valence-electron chi connectivity index (χ4n) is 0.905. The van der Waals surface area contributed by atoms with Crippen molar-refractivity contribution >= 4 is 29.2 Å². The molecule has 0 radical (unpaired) electrons. The third-order valence-corrected chi connectivity index (χ3v) is 2.24. The summed E-state index contributed by atoms with van der Waals surface area (Å²) in [6, 6.07) is 4.65. The zero-order valence-corrected chi connectivity index (χ0v) is 9.39. The lowest BCUT2D eigenvalue weighted by Crippen LogP contribution is -2.11. The topological polar surface area (TPSA) is 26.3 Å². The van der Waals surface area contributed by atoms with Gasteiger partial charge >= 0.3 is 5.97 Å². The van der Waals surface area contributed by atoms with Crippen molar-refractivity contribution in [1.82, 2.24) is 0 Å². The minimum atomic E-state index is -0.390. The van der Waals surface area contributed by atoms with Crippen molar-refractivity contribution in [3.8, 4) is 0 Å². The molecule has 0 aromatic heterocycles. The van der Waals surface area contributed by atoms with E-state index >= 15 is 0 Å². The Hall–Kier alpha value is -0.730. The number of carbonyl (C=O) groups is 1. The zero-order chi connectivity index (χ0) is 10.7. The average Bonchev–Trinajstić information content (AvgIpc) is 2.08. The highest BCUT2D eigenvalue weighted by atomic mass is 35.5. The van der Waals surface area contributed by atoms with Gasteiger partial charge in [0.15, 0.2) is 0 Å².